The average Bonchev–Trinajstić information content (AvgIpc) is 3.24. The molecule has 3 heteroatoms. The van der Waals surface area contributed by atoms with Gasteiger partial charge in [0.25, 0.3) is 6.71 Å². The Bertz CT molecular complexity index is 1620. The quantitative estimate of drug-likeness (QED) is 0.315. The number of benzene rings is 5. The van der Waals surface area contributed by atoms with E-state index in [4.69, 9.17) is 9.47 Å². The third-order valence-corrected chi connectivity index (χ3v) is 7.49. The van der Waals surface area contributed by atoms with E-state index in [0.29, 0.717) is 0 Å². The van der Waals surface area contributed by atoms with Crippen molar-refractivity contribution in [3.63, 3.8) is 0 Å². The Morgan fingerprint density at radius 3 is 2.18 bits per heavy atom. The van der Waals surface area contributed by atoms with Crippen LogP contribution in [0.5, 0.6) is 23.0 Å². The molecule has 1 atom stereocenters. The van der Waals surface area contributed by atoms with Gasteiger partial charge >= 0.3 is 0 Å². The van der Waals surface area contributed by atoms with Crippen molar-refractivity contribution in [1.29, 1.82) is 0 Å². The van der Waals surface area contributed by atoms with Crippen LogP contribution in [0.1, 0.15) is 22.6 Å². The Labute approximate surface area is 198 Å². The fourth-order valence-electron chi connectivity index (χ4n) is 6.12. The molecule has 0 amide bonds. The molecule has 0 aromatic heterocycles. The van der Waals surface area contributed by atoms with E-state index < -0.39 is 0 Å². The van der Waals surface area contributed by atoms with Crippen molar-refractivity contribution < 1.29 is 9.47 Å². The van der Waals surface area contributed by atoms with Crippen molar-refractivity contribution in [2.75, 3.05) is 0 Å². The van der Waals surface area contributed by atoms with Crippen molar-refractivity contribution in [2.45, 2.75) is 5.92 Å². The zero-order chi connectivity index (χ0) is 22.2. The molecule has 2 nitrogen and oxygen atoms in total. The highest BCUT2D eigenvalue weighted by Crippen LogP contribution is 2.52. The van der Waals surface area contributed by atoms with Crippen LogP contribution in [0.15, 0.2) is 109 Å². The highest BCUT2D eigenvalue weighted by molar-refractivity contribution is 6.98. The minimum absolute atomic E-state index is 0.0909. The van der Waals surface area contributed by atoms with Gasteiger partial charge < -0.3 is 9.47 Å². The molecule has 8 rings (SSSR count). The van der Waals surface area contributed by atoms with E-state index in [9.17, 15) is 0 Å². The van der Waals surface area contributed by atoms with Crippen molar-refractivity contribution in [2.24, 2.45) is 0 Å². The van der Waals surface area contributed by atoms with Crippen LogP contribution in [0.4, 0.5) is 0 Å². The summed E-state index contributed by atoms with van der Waals surface area (Å²) in [4.78, 5) is 0. The summed E-state index contributed by atoms with van der Waals surface area (Å²) in [6, 6.07) is 38.7. The summed E-state index contributed by atoms with van der Waals surface area (Å²) in [5.41, 5.74) is 9.97. The summed E-state index contributed by atoms with van der Waals surface area (Å²) in [6.07, 6.45) is 0. The normalized spacial score (nSPS) is 15.8. The molecule has 5 aromatic rings. The van der Waals surface area contributed by atoms with Crippen LogP contribution in [0.3, 0.4) is 0 Å². The molecule has 34 heavy (non-hydrogen) atoms. The number of para-hydroxylation sites is 1. The van der Waals surface area contributed by atoms with Crippen LogP contribution in [0, 0.1) is 0 Å². The zero-order valence-corrected chi connectivity index (χ0v) is 18.4. The summed E-state index contributed by atoms with van der Waals surface area (Å²) < 4.78 is 13.0. The van der Waals surface area contributed by atoms with Crippen LogP contribution in [-0.4, -0.2) is 6.71 Å². The molecule has 0 fully saturated rings. The van der Waals surface area contributed by atoms with Gasteiger partial charge in [0, 0.05) is 16.9 Å². The second-order valence-corrected chi connectivity index (χ2v) is 9.22. The van der Waals surface area contributed by atoms with Crippen LogP contribution < -0.4 is 25.9 Å². The van der Waals surface area contributed by atoms with Gasteiger partial charge in [0.1, 0.15) is 23.0 Å². The fraction of sp³-hybridized carbons (Fsp3) is 0.0323. The molecule has 2 aliphatic heterocycles. The molecule has 0 bridgehead atoms. The summed E-state index contributed by atoms with van der Waals surface area (Å²) in [5.74, 6) is 3.88. The molecule has 5 aromatic carbocycles. The maximum absolute atomic E-state index is 6.74. The van der Waals surface area contributed by atoms with E-state index in [1.165, 1.54) is 38.7 Å². The average molecular weight is 434 g/mol. The van der Waals surface area contributed by atoms with Crippen LogP contribution >= 0.6 is 0 Å². The monoisotopic (exact) mass is 434 g/mol. The first-order valence-electron chi connectivity index (χ1n) is 11.8. The highest BCUT2D eigenvalue weighted by Gasteiger charge is 2.43. The van der Waals surface area contributed by atoms with Crippen LogP contribution in [-0.2, 0) is 0 Å². The van der Waals surface area contributed by atoms with Gasteiger partial charge in [-0.3, -0.25) is 0 Å². The second kappa shape index (κ2) is 6.65. The Hall–Kier alpha value is -4.24. The van der Waals surface area contributed by atoms with Gasteiger partial charge in [0.2, 0.25) is 0 Å². The lowest BCUT2D eigenvalue weighted by Crippen LogP contribution is -2.57. The van der Waals surface area contributed by atoms with E-state index in [2.05, 4.69) is 91.0 Å². The van der Waals surface area contributed by atoms with Crippen LogP contribution in [0.2, 0.25) is 0 Å². The van der Waals surface area contributed by atoms with Gasteiger partial charge in [-0.1, -0.05) is 91.0 Å². The Morgan fingerprint density at radius 1 is 0.529 bits per heavy atom. The molecule has 1 aliphatic carbocycles. The lowest BCUT2D eigenvalue weighted by Gasteiger charge is -2.33. The van der Waals surface area contributed by atoms with E-state index >= 15 is 0 Å². The highest BCUT2D eigenvalue weighted by atomic mass is 16.5. The minimum atomic E-state index is 0.0909. The van der Waals surface area contributed by atoms with E-state index in [-0.39, 0.29) is 12.6 Å². The van der Waals surface area contributed by atoms with Gasteiger partial charge in [0.05, 0.1) is 0 Å². The lowest BCUT2D eigenvalue weighted by molar-refractivity contribution is 0.465. The van der Waals surface area contributed by atoms with Crippen molar-refractivity contribution in [3.8, 4) is 34.1 Å². The molecule has 0 N–H and O–H groups in total. The summed E-state index contributed by atoms with van der Waals surface area (Å²) in [5, 5.41) is 0. The van der Waals surface area contributed by atoms with Gasteiger partial charge in [0.15, 0.2) is 0 Å². The number of ether oxygens (including phenoxy) is 2. The topological polar surface area (TPSA) is 18.5 Å². The third kappa shape index (κ3) is 2.31. The molecule has 0 radical (unpaired) electrons. The zero-order valence-electron chi connectivity index (χ0n) is 18.4. The molecular formula is C31H19BO2. The predicted octanol–water partition coefficient (Wildman–Crippen LogP) is 5.57. The SMILES string of the molecule is c1ccc(C2c3ccccc3-c3c2ccc2c3Oc3cccc4c3B2c2ccccc2O4)cc1. The second-order valence-electron chi connectivity index (χ2n) is 9.22. The first-order valence-corrected chi connectivity index (χ1v) is 11.8. The maximum Gasteiger partial charge on any atom is 0.260 e. The first kappa shape index (κ1) is 18.2. The number of fused-ring (bicyclic) bond motifs is 8. The van der Waals surface area contributed by atoms with E-state index in [1.54, 1.807) is 0 Å². The number of hydrogen-bond acceptors (Lipinski definition) is 2. The number of rotatable bonds is 1. The van der Waals surface area contributed by atoms with E-state index in [1.807, 2.05) is 18.2 Å². The largest absolute Gasteiger partial charge is 0.458 e. The molecule has 3 aliphatic rings. The standard InChI is InChI=1S/C31H19BO2/c1-2-9-19(10-3-1)28-20-11-4-5-12-21(20)29-22(28)17-18-24-31(29)34-27-16-8-15-26-30(27)32(24)23-13-6-7-14-25(23)33-26/h1-18,28H. The molecule has 0 spiro atoms. The molecule has 158 valence electrons. The molecule has 2 heterocycles. The smallest absolute Gasteiger partial charge is 0.260 e. The van der Waals surface area contributed by atoms with Gasteiger partial charge in [-0.25, -0.2) is 0 Å². The molecule has 0 saturated carbocycles. The van der Waals surface area contributed by atoms with Crippen molar-refractivity contribution in [1.82, 2.24) is 0 Å². The third-order valence-electron chi connectivity index (χ3n) is 7.49. The summed E-state index contributed by atoms with van der Waals surface area (Å²) in [6.45, 7) is 0.0909. The molecular weight excluding hydrogens is 415 g/mol. The summed E-state index contributed by atoms with van der Waals surface area (Å²) >= 11 is 0. The predicted molar refractivity (Wildman–Crippen MR) is 137 cm³/mol. The van der Waals surface area contributed by atoms with Crippen molar-refractivity contribution >= 4 is 23.1 Å². The van der Waals surface area contributed by atoms with Gasteiger partial charge in [-0.15, -0.1) is 0 Å². The Balaban J connectivity index is 1.43. The van der Waals surface area contributed by atoms with Crippen molar-refractivity contribution in [3.05, 3.63) is 126 Å². The lowest BCUT2D eigenvalue weighted by atomic mass is 9.34. The number of hydrogen-bond donors (Lipinski definition) is 0. The summed E-state index contributed by atoms with van der Waals surface area (Å²) in [7, 11) is 0. The fourth-order valence-corrected chi connectivity index (χ4v) is 6.12. The van der Waals surface area contributed by atoms with Gasteiger partial charge in [-0.2, -0.15) is 0 Å². The van der Waals surface area contributed by atoms with Gasteiger partial charge in [-0.05, 0) is 51.4 Å². The minimum Gasteiger partial charge on any atom is -0.458 e. The molecule has 1 unspecified atom stereocenters. The maximum atomic E-state index is 6.74. The Kier molecular flexibility index (Phi) is 3.56. The molecule has 0 saturated heterocycles. The van der Waals surface area contributed by atoms with Crippen LogP contribution in [0.25, 0.3) is 11.1 Å². The Morgan fingerprint density at radius 2 is 1.26 bits per heavy atom. The first-order chi connectivity index (χ1) is 16.9. The van der Waals surface area contributed by atoms with E-state index in [0.717, 1.165) is 28.5 Å².